The van der Waals surface area contributed by atoms with Crippen LogP contribution in [0.25, 0.3) is 0 Å². The number of rotatable bonds is 7. The van der Waals surface area contributed by atoms with Crippen molar-refractivity contribution in [2.24, 2.45) is 5.92 Å². The van der Waals surface area contributed by atoms with Crippen molar-refractivity contribution in [1.29, 1.82) is 0 Å². The van der Waals surface area contributed by atoms with Gasteiger partial charge in [0, 0.05) is 13.0 Å². The molecule has 0 saturated carbocycles. The lowest BCUT2D eigenvalue weighted by atomic mass is 10.1. The predicted octanol–water partition coefficient (Wildman–Crippen LogP) is 1.50. The van der Waals surface area contributed by atoms with Crippen LogP contribution in [0, 0.1) is 5.92 Å². The summed E-state index contributed by atoms with van der Waals surface area (Å²) in [5.41, 5.74) is 0. The lowest BCUT2D eigenvalue weighted by molar-refractivity contribution is -0.169. The van der Waals surface area contributed by atoms with Crippen LogP contribution in [-0.2, 0) is 9.59 Å². The van der Waals surface area contributed by atoms with Gasteiger partial charge >= 0.3 is 18.3 Å². The monoisotopic (exact) mass is 259 g/mol. The molecule has 0 aliphatic heterocycles. The maximum atomic E-state index is 12.4. The largest absolute Gasteiger partial charge is 0.481 e. The number of hydrogen-bond donors (Lipinski definition) is 2. The summed E-state index contributed by atoms with van der Waals surface area (Å²) in [4.78, 5) is 20.9. The number of hydrogen-bond acceptors (Lipinski definition) is 2. The molecule has 0 fully saturated rings. The van der Waals surface area contributed by atoms with Crippen LogP contribution < -0.4 is 5.32 Å². The van der Waals surface area contributed by atoms with Gasteiger partial charge in [0.05, 0.1) is 0 Å². The maximum Gasteiger partial charge on any atom is 0.383 e. The van der Waals surface area contributed by atoms with Crippen LogP contribution in [-0.4, -0.2) is 35.9 Å². The molecule has 0 aliphatic rings. The summed E-state index contributed by atoms with van der Waals surface area (Å²) in [6.07, 6.45) is -4.07. The number of alkyl halides is 4. The Morgan fingerprint density at radius 1 is 1.35 bits per heavy atom. The molecule has 1 atom stereocenters. The predicted molar refractivity (Wildman–Crippen MR) is 50.0 cm³/mol. The average molecular weight is 259 g/mol. The van der Waals surface area contributed by atoms with Crippen LogP contribution in [0.3, 0.4) is 0 Å². The molecular formula is C9H13F4NO3. The van der Waals surface area contributed by atoms with Crippen molar-refractivity contribution in [1.82, 2.24) is 5.32 Å². The van der Waals surface area contributed by atoms with Crippen molar-refractivity contribution in [3.8, 4) is 0 Å². The first-order valence-electron chi connectivity index (χ1n) is 4.84. The van der Waals surface area contributed by atoms with E-state index in [0.717, 1.165) is 0 Å². The normalized spacial score (nSPS) is 13.5. The molecule has 17 heavy (non-hydrogen) atoms. The third-order valence-electron chi connectivity index (χ3n) is 2.04. The van der Waals surface area contributed by atoms with E-state index in [9.17, 15) is 27.2 Å². The molecule has 1 unspecified atom stereocenters. The van der Waals surface area contributed by atoms with Gasteiger partial charge in [-0.1, -0.05) is 6.92 Å². The second kappa shape index (κ2) is 6.41. The van der Waals surface area contributed by atoms with Crippen LogP contribution in [0.2, 0.25) is 0 Å². The highest BCUT2D eigenvalue weighted by atomic mass is 19.3. The molecule has 0 radical (unpaired) electrons. The molecule has 1 amide bonds. The molecule has 0 heterocycles. The first-order valence-corrected chi connectivity index (χ1v) is 4.84. The van der Waals surface area contributed by atoms with E-state index < -0.39 is 24.2 Å². The summed E-state index contributed by atoms with van der Waals surface area (Å²) < 4.78 is 48.4. The zero-order valence-corrected chi connectivity index (χ0v) is 9.05. The van der Waals surface area contributed by atoms with Crippen molar-refractivity contribution < 1.29 is 32.3 Å². The third-order valence-corrected chi connectivity index (χ3v) is 2.04. The summed E-state index contributed by atoms with van der Waals surface area (Å²) in [6, 6.07) is 0. The number of amides is 1. The quantitative estimate of drug-likeness (QED) is 0.681. The number of aliphatic carboxylic acids is 1. The molecule has 0 rings (SSSR count). The van der Waals surface area contributed by atoms with Crippen LogP contribution >= 0.6 is 0 Å². The second-order valence-corrected chi connectivity index (χ2v) is 3.67. The lowest BCUT2D eigenvalue weighted by Crippen LogP contribution is -2.46. The summed E-state index contributed by atoms with van der Waals surface area (Å²) in [7, 11) is 0. The van der Waals surface area contributed by atoms with Crippen molar-refractivity contribution in [2.75, 3.05) is 6.54 Å². The van der Waals surface area contributed by atoms with Gasteiger partial charge in [0.25, 0.3) is 5.91 Å². The minimum Gasteiger partial charge on any atom is -0.481 e. The fourth-order valence-electron chi connectivity index (χ4n) is 0.956. The molecule has 4 nitrogen and oxygen atoms in total. The fourth-order valence-corrected chi connectivity index (χ4v) is 0.956. The summed E-state index contributed by atoms with van der Waals surface area (Å²) in [5.74, 6) is -8.20. The van der Waals surface area contributed by atoms with Crippen LogP contribution in [0.5, 0.6) is 0 Å². The van der Waals surface area contributed by atoms with E-state index in [4.69, 9.17) is 5.11 Å². The molecule has 0 aromatic heterocycles. The number of carboxylic acid groups (broad SMARTS) is 1. The minimum atomic E-state index is -4.72. The van der Waals surface area contributed by atoms with E-state index in [2.05, 4.69) is 0 Å². The van der Waals surface area contributed by atoms with Crippen molar-refractivity contribution in [3.63, 3.8) is 0 Å². The van der Waals surface area contributed by atoms with E-state index in [-0.39, 0.29) is 25.3 Å². The fraction of sp³-hybridized carbons (Fsp3) is 0.778. The number of carbonyl (C=O) groups excluding carboxylic acids is 1. The van der Waals surface area contributed by atoms with Crippen LogP contribution in [0.1, 0.15) is 19.8 Å². The molecule has 2 N–H and O–H groups in total. The molecule has 0 bridgehead atoms. The zero-order valence-electron chi connectivity index (χ0n) is 9.05. The maximum absolute atomic E-state index is 12.4. The number of halogens is 4. The molecule has 0 aliphatic carbocycles. The SMILES string of the molecule is CC(CCC(=O)O)CNC(=O)C(F)(F)C(F)F. The molecule has 0 aromatic rings. The van der Waals surface area contributed by atoms with Crippen LogP contribution in [0.4, 0.5) is 17.6 Å². The molecule has 0 saturated heterocycles. The third kappa shape index (κ3) is 5.50. The highest BCUT2D eigenvalue weighted by molar-refractivity contribution is 5.83. The smallest absolute Gasteiger partial charge is 0.383 e. The van der Waals surface area contributed by atoms with Crippen molar-refractivity contribution in [3.05, 3.63) is 0 Å². The molecule has 8 heteroatoms. The minimum absolute atomic E-state index is 0.163. The van der Waals surface area contributed by atoms with E-state index in [1.54, 1.807) is 5.32 Å². The topological polar surface area (TPSA) is 66.4 Å². The molecule has 0 spiro atoms. The van der Waals surface area contributed by atoms with Crippen LogP contribution in [0.15, 0.2) is 0 Å². The van der Waals surface area contributed by atoms with Gasteiger partial charge in [0.15, 0.2) is 0 Å². The van der Waals surface area contributed by atoms with Gasteiger partial charge in [0.2, 0.25) is 0 Å². The van der Waals surface area contributed by atoms with E-state index >= 15 is 0 Å². The zero-order chi connectivity index (χ0) is 13.6. The Hall–Kier alpha value is -1.34. The summed E-state index contributed by atoms with van der Waals surface area (Å²) in [5, 5.41) is 10.0. The van der Waals surface area contributed by atoms with E-state index in [0.29, 0.717) is 0 Å². The van der Waals surface area contributed by atoms with E-state index in [1.807, 2.05) is 0 Å². The molecular weight excluding hydrogens is 246 g/mol. The van der Waals surface area contributed by atoms with Gasteiger partial charge in [-0.3, -0.25) is 9.59 Å². The van der Waals surface area contributed by atoms with Gasteiger partial charge < -0.3 is 10.4 Å². The Balaban J connectivity index is 4.03. The van der Waals surface area contributed by atoms with Crippen molar-refractivity contribution in [2.45, 2.75) is 32.1 Å². The number of carbonyl (C=O) groups is 2. The Labute approximate surface area is 95.0 Å². The average Bonchev–Trinajstić information content (AvgIpc) is 2.22. The number of carboxylic acids is 1. The number of nitrogens with one attached hydrogen (secondary N) is 1. The Kier molecular flexibility index (Phi) is 5.90. The molecule has 0 aromatic carbocycles. The lowest BCUT2D eigenvalue weighted by Gasteiger charge is -2.17. The van der Waals surface area contributed by atoms with Crippen molar-refractivity contribution >= 4 is 11.9 Å². The Morgan fingerprint density at radius 2 is 1.88 bits per heavy atom. The van der Waals surface area contributed by atoms with Gasteiger partial charge in [-0.05, 0) is 12.3 Å². The van der Waals surface area contributed by atoms with Gasteiger partial charge in [-0.2, -0.15) is 8.78 Å². The molecule has 100 valence electrons. The highest BCUT2D eigenvalue weighted by Gasteiger charge is 2.48. The Morgan fingerprint density at radius 3 is 2.29 bits per heavy atom. The van der Waals surface area contributed by atoms with Gasteiger partial charge in [-0.25, -0.2) is 8.78 Å². The Bertz CT molecular complexity index is 283. The first kappa shape index (κ1) is 15.7. The standard InChI is InChI=1S/C9H13F4NO3/c1-5(2-3-6(15)16)4-14-8(17)9(12,13)7(10)11/h5,7H,2-4H2,1H3,(H,14,17)(H,15,16). The summed E-state index contributed by atoms with van der Waals surface area (Å²) in [6.45, 7) is 1.25. The van der Waals surface area contributed by atoms with E-state index in [1.165, 1.54) is 6.92 Å². The van der Waals surface area contributed by atoms with Gasteiger partial charge in [-0.15, -0.1) is 0 Å². The summed E-state index contributed by atoms with van der Waals surface area (Å²) >= 11 is 0. The second-order valence-electron chi connectivity index (χ2n) is 3.67. The first-order chi connectivity index (χ1) is 7.67. The highest BCUT2D eigenvalue weighted by Crippen LogP contribution is 2.22. The van der Waals surface area contributed by atoms with Gasteiger partial charge in [0.1, 0.15) is 0 Å².